The van der Waals surface area contributed by atoms with E-state index in [2.05, 4.69) is 6.07 Å². The van der Waals surface area contributed by atoms with Crippen LogP contribution in [-0.4, -0.2) is 5.91 Å². The first-order chi connectivity index (χ1) is 5.79. The molecule has 1 amide bonds. The number of amides is 1. The van der Waals surface area contributed by atoms with Crippen molar-refractivity contribution in [2.45, 2.75) is 18.8 Å². The van der Waals surface area contributed by atoms with Crippen LogP contribution < -0.4 is 5.73 Å². The van der Waals surface area contributed by atoms with Gasteiger partial charge in [-0.25, -0.2) is 0 Å². The van der Waals surface area contributed by atoms with E-state index in [9.17, 15) is 4.79 Å². The third kappa shape index (κ3) is 0.998. The Labute approximate surface area is 71.4 Å². The van der Waals surface area contributed by atoms with E-state index in [4.69, 9.17) is 5.73 Å². The lowest BCUT2D eigenvalue weighted by atomic mass is 10.0. The lowest BCUT2D eigenvalue weighted by molar-refractivity contribution is -0.119. The molecule has 0 saturated heterocycles. The number of primary amides is 1. The molecular formula is C10H11NO. The van der Waals surface area contributed by atoms with Gasteiger partial charge in [0.15, 0.2) is 0 Å². The molecule has 1 aliphatic rings. The molecule has 12 heavy (non-hydrogen) atoms. The molecule has 1 aromatic rings. The van der Waals surface area contributed by atoms with Crippen LogP contribution >= 0.6 is 0 Å². The normalized spacial score (nSPS) is 20.5. The van der Waals surface area contributed by atoms with Crippen LogP contribution in [0.2, 0.25) is 0 Å². The van der Waals surface area contributed by atoms with Crippen molar-refractivity contribution >= 4 is 5.91 Å². The van der Waals surface area contributed by atoms with Gasteiger partial charge in [0.25, 0.3) is 0 Å². The molecular weight excluding hydrogens is 150 g/mol. The number of carbonyl (C=O) groups is 1. The number of nitrogens with two attached hydrogens (primary N) is 1. The summed E-state index contributed by atoms with van der Waals surface area (Å²) in [4.78, 5) is 11.0. The molecule has 0 fully saturated rings. The first-order valence-corrected chi connectivity index (χ1v) is 4.16. The van der Waals surface area contributed by atoms with Gasteiger partial charge in [0.2, 0.25) is 5.91 Å². The maximum atomic E-state index is 11.0. The minimum absolute atomic E-state index is 0.0406. The van der Waals surface area contributed by atoms with Crippen LogP contribution in [0.25, 0.3) is 0 Å². The molecule has 0 spiro atoms. The smallest absolute Gasteiger partial charge is 0.224 e. The highest BCUT2D eigenvalue weighted by Crippen LogP contribution is 2.32. The Hall–Kier alpha value is -1.31. The fraction of sp³-hybridized carbons (Fsp3) is 0.300. The summed E-state index contributed by atoms with van der Waals surface area (Å²) in [6.07, 6.45) is 1.87. The number of rotatable bonds is 1. The van der Waals surface area contributed by atoms with Crippen LogP contribution in [0.5, 0.6) is 0 Å². The highest BCUT2D eigenvalue weighted by atomic mass is 16.1. The fourth-order valence-electron chi connectivity index (χ4n) is 1.85. The van der Waals surface area contributed by atoms with Crippen molar-refractivity contribution in [1.29, 1.82) is 0 Å². The Morgan fingerprint density at radius 3 is 2.92 bits per heavy atom. The van der Waals surface area contributed by atoms with Crippen LogP contribution in [-0.2, 0) is 11.2 Å². The van der Waals surface area contributed by atoms with Gasteiger partial charge in [-0.15, -0.1) is 0 Å². The monoisotopic (exact) mass is 161 g/mol. The SMILES string of the molecule is NC(=O)[C@H]1CCc2ccccc21. The molecule has 0 bridgehead atoms. The van der Waals surface area contributed by atoms with Crippen LogP contribution in [0.1, 0.15) is 23.5 Å². The van der Waals surface area contributed by atoms with Gasteiger partial charge in [-0.05, 0) is 24.0 Å². The molecule has 2 heteroatoms. The van der Waals surface area contributed by atoms with E-state index in [1.165, 1.54) is 5.56 Å². The van der Waals surface area contributed by atoms with Crippen molar-refractivity contribution in [3.8, 4) is 0 Å². The summed E-state index contributed by atoms with van der Waals surface area (Å²) < 4.78 is 0. The molecule has 2 rings (SSSR count). The number of carbonyl (C=O) groups excluding carboxylic acids is 1. The predicted molar refractivity (Wildman–Crippen MR) is 46.7 cm³/mol. The zero-order chi connectivity index (χ0) is 8.55. The lowest BCUT2D eigenvalue weighted by Gasteiger charge is -2.05. The van der Waals surface area contributed by atoms with E-state index < -0.39 is 0 Å². The van der Waals surface area contributed by atoms with Gasteiger partial charge in [-0.2, -0.15) is 0 Å². The third-order valence-electron chi connectivity index (χ3n) is 2.48. The summed E-state index contributed by atoms with van der Waals surface area (Å²) in [6, 6.07) is 8.03. The Bertz CT molecular complexity index is 319. The molecule has 0 unspecified atom stereocenters. The standard InChI is InChI=1S/C10H11NO/c11-10(12)9-6-5-7-3-1-2-4-8(7)9/h1-4,9H,5-6H2,(H2,11,12)/t9-/m0/s1. The summed E-state index contributed by atoms with van der Waals surface area (Å²) in [5.41, 5.74) is 7.68. The second-order valence-corrected chi connectivity index (χ2v) is 3.19. The second-order valence-electron chi connectivity index (χ2n) is 3.19. The number of aryl methyl sites for hydroxylation is 1. The van der Waals surface area contributed by atoms with Crippen LogP contribution in [0.4, 0.5) is 0 Å². The molecule has 2 nitrogen and oxygen atoms in total. The molecule has 0 aliphatic heterocycles. The summed E-state index contributed by atoms with van der Waals surface area (Å²) in [7, 11) is 0. The first-order valence-electron chi connectivity index (χ1n) is 4.16. The van der Waals surface area contributed by atoms with Gasteiger partial charge >= 0.3 is 0 Å². The van der Waals surface area contributed by atoms with E-state index >= 15 is 0 Å². The van der Waals surface area contributed by atoms with E-state index in [0.717, 1.165) is 18.4 Å². The zero-order valence-electron chi connectivity index (χ0n) is 6.79. The predicted octanol–water partition coefficient (Wildman–Crippen LogP) is 1.20. The average Bonchev–Trinajstić information content (AvgIpc) is 2.47. The maximum Gasteiger partial charge on any atom is 0.224 e. The zero-order valence-corrected chi connectivity index (χ0v) is 6.79. The first kappa shape index (κ1) is 7.35. The Morgan fingerprint density at radius 2 is 2.17 bits per heavy atom. The van der Waals surface area contributed by atoms with Gasteiger partial charge in [0, 0.05) is 0 Å². The molecule has 0 radical (unpaired) electrons. The van der Waals surface area contributed by atoms with Gasteiger partial charge in [-0.1, -0.05) is 24.3 Å². The van der Waals surface area contributed by atoms with Crippen LogP contribution in [0.3, 0.4) is 0 Å². The summed E-state index contributed by atoms with van der Waals surface area (Å²) in [6.45, 7) is 0. The third-order valence-corrected chi connectivity index (χ3v) is 2.48. The quantitative estimate of drug-likeness (QED) is 0.660. The minimum atomic E-state index is -0.194. The Kier molecular flexibility index (Phi) is 1.61. The van der Waals surface area contributed by atoms with Crippen LogP contribution in [0.15, 0.2) is 24.3 Å². The van der Waals surface area contributed by atoms with Gasteiger partial charge < -0.3 is 5.73 Å². The van der Waals surface area contributed by atoms with Crippen molar-refractivity contribution in [2.75, 3.05) is 0 Å². The highest BCUT2D eigenvalue weighted by Gasteiger charge is 2.25. The minimum Gasteiger partial charge on any atom is -0.369 e. The topological polar surface area (TPSA) is 43.1 Å². The van der Waals surface area contributed by atoms with Crippen molar-refractivity contribution in [3.63, 3.8) is 0 Å². The summed E-state index contributed by atoms with van der Waals surface area (Å²) in [5.74, 6) is -0.235. The van der Waals surface area contributed by atoms with Gasteiger partial charge in [0.1, 0.15) is 0 Å². The van der Waals surface area contributed by atoms with E-state index in [1.807, 2.05) is 18.2 Å². The molecule has 2 N–H and O–H groups in total. The average molecular weight is 161 g/mol. The molecule has 1 aromatic carbocycles. The summed E-state index contributed by atoms with van der Waals surface area (Å²) >= 11 is 0. The number of hydrogen-bond acceptors (Lipinski definition) is 1. The highest BCUT2D eigenvalue weighted by molar-refractivity contribution is 5.83. The summed E-state index contributed by atoms with van der Waals surface area (Å²) in [5, 5.41) is 0. The second kappa shape index (κ2) is 2.63. The maximum absolute atomic E-state index is 11.0. The number of fused-ring (bicyclic) bond motifs is 1. The van der Waals surface area contributed by atoms with E-state index in [-0.39, 0.29) is 11.8 Å². The van der Waals surface area contributed by atoms with E-state index in [0.29, 0.717) is 0 Å². The van der Waals surface area contributed by atoms with Crippen molar-refractivity contribution < 1.29 is 4.79 Å². The largest absolute Gasteiger partial charge is 0.369 e. The van der Waals surface area contributed by atoms with Crippen molar-refractivity contribution in [1.82, 2.24) is 0 Å². The molecule has 1 aliphatic carbocycles. The number of hydrogen-bond donors (Lipinski definition) is 1. The van der Waals surface area contributed by atoms with E-state index in [1.54, 1.807) is 0 Å². The molecule has 62 valence electrons. The lowest BCUT2D eigenvalue weighted by Crippen LogP contribution is -2.19. The fourth-order valence-corrected chi connectivity index (χ4v) is 1.85. The van der Waals surface area contributed by atoms with Crippen molar-refractivity contribution in [2.24, 2.45) is 5.73 Å². The van der Waals surface area contributed by atoms with Crippen LogP contribution in [0, 0.1) is 0 Å². The molecule has 0 aromatic heterocycles. The molecule has 0 saturated carbocycles. The molecule has 0 heterocycles. The van der Waals surface area contributed by atoms with Gasteiger partial charge in [-0.3, -0.25) is 4.79 Å². The Balaban J connectivity index is 2.42. The van der Waals surface area contributed by atoms with Gasteiger partial charge in [0.05, 0.1) is 5.92 Å². The number of benzene rings is 1. The van der Waals surface area contributed by atoms with Crippen molar-refractivity contribution in [3.05, 3.63) is 35.4 Å². The Morgan fingerprint density at radius 1 is 1.42 bits per heavy atom. The molecule has 1 atom stereocenters.